The number of nitrogens with one attached hydrogen (secondary N) is 2. The third kappa shape index (κ3) is 3.32. The van der Waals surface area contributed by atoms with Gasteiger partial charge >= 0.3 is 6.03 Å². The number of furan rings is 1. The number of hydrogen-bond donors (Lipinski definition) is 2. The Labute approximate surface area is 135 Å². The summed E-state index contributed by atoms with van der Waals surface area (Å²) in [6.45, 7) is -0.461. The van der Waals surface area contributed by atoms with Gasteiger partial charge in [-0.2, -0.15) is 0 Å². The van der Waals surface area contributed by atoms with E-state index >= 15 is 0 Å². The van der Waals surface area contributed by atoms with Crippen LogP contribution < -0.4 is 10.6 Å². The van der Waals surface area contributed by atoms with Crippen LogP contribution in [-0.4, -0.2) is 29.3 Å². The van der Waals surface area contributed by atoms with E-state index in [1.54, 1.807) is 12.1 Å². The molecule has 2 heterocycles. The SMILES string of the molecule is O=C(CN1C(=O)N/C(=C\c2ccco2)C1=O)Nc1ccc(F)cc1. The number of hydrogen-bond acceptors (Lipinski definition) is 4. The van der Waals surface area contributed by atoms with Crippen LogP contribution >= 0.6 is 0 Å². The molecule has 1 aromatic heterocycles. The summed E-state index contributed by atoms with van der Waals surface area (Å²) in [7, 11) is 0. The normalized spacial score (nSPS) is 15.7. The molecule has 1 saturated heterocycles. The molecule has 0 spiro atoms. The molecular weight excluding hydrogens is 317 g/mol. The predicted molar refractivity (Wildman–Crippen MR) is 82.0 cm³/mol. The highest BCUT2D eigenvalue weighted by Gasteiger charge is 2.35. The standard InChI is InChI=1S/C16H12FN3O4/c17-10-3-5-11(6-4-10)18-14(21)9-20-15(22)13(19-16(20)23)8-12-2-1-7-24-12/h1-8H,9H2,(H,18,21)(H,19,23)/b13-8-. The van der Waals surface area contributed by atoms with Gasteiger partial charge < -0.3 is 15.1 Å². The Balaban J connectivity index is 1.66. The highest BCUT2D eigenvalue weighted by atomic mass is 19.1. The topological polar surface area (TPSA) is 91.7 Å². The predicted octanol–water partition coefficient (Wildman–Crippen LogP) is 1.95. The van der Waals surface area contributed by atoms with Gasteiger partial charge in [-0.05, 0) is 36.4 Å². The summed E-state index contributed by atoms with van der Waals surface area (Å²) in [5.41, 5.74) is 0.379. The van der Waals surface area contributed by atoms with E-state index in [9.17, 15) is 18.8 Å². The van der Waals surface area contributed by atoms with Crippen molar-refractivity contribution in [1.29, 1.82) is 0 Å². The molecule has 8 heteroatoms. The largest absolute Gasteiger partial charge is 0.465 e. The van der Waals surface area contributed by atoms with Gasteiger partial charge in [-0.15, -0.1) is 0 Å². The third-order valence-electron chi connectivity index (χ3n) is 3.22. The van der Waals surface area contributed by atoms with Crippen LogP contribution in [0.15, 0.2) is 52.8 Å². The third-order valence-corrected chi connectivity index (χ3v) is 3.22. The maximum Gasteiger partial charge on any atom is 0.329 e. The van der Waals surface area contributed by atoms with Crippen molar-refractivity contribution in [3.8, 4) is 0 Å². The average molecular weight is 329 g/mol. The highest BCUT2D eigenvalue weighted by molar-refractivity contribution is 6.15. The Hall–Kier alpha value is -3.42. The summed E-state index contributed by atoms with van der Waals surface area (Å²) >= 11 is 0. The highest BCUT2D eigenvalue weighted by Crippen LogP contribution is 2.15. The summed E-state index contributed by atoms with van der Waals surface area (Å²) in [6.07, 6.45) is 2.81. The lowest BCUT2D eigenvalue weighted by atomic mass is 10.3. The minimum atomic E-state index is -0.702. The molecule has 0 saturated carbocycles. The molecule has 1 aliphatic rings. The van der Waals surface area contributed by atoms with Crippen molar-refractivity contribution in [3.63, 3.8) is 0 Å². The van der Waals surface area contributed by atoms with Crippen molar-refractivity contribution in [2.24, 2.45) is 0 Å². The number of carbonyl (C=O) groups is 3. The van der Waals surface area contributed by atoms with E-state index in [0.29, 0.717) is 11.4 Å². The molecule has 0 aliphatic carbocycles. The monoisotopic (exact) mass is 329 g/mol. The first-order chi connectivity index (χ1) is 11.5. The molecule has 3 rings (SSSR count). The number of anilines is 1. The summed E-state index contributed by atoms with van der Waals surface area (Å²) in [5, 5.41) is 4.86. The number of imide groups is 1. The molecule has 1 fully saturated rings. The number of amides is 4. The van der Waals surface area contributed by atoms with E-state index in [0.717, 1.165) is 4.90 Å². The lowest BCUT2D eigenvalue weighted by molar-refractivity contribution is -0.127. The minimum absolute atomic E-state index is 0.0181. The molecule has 0 bridgehead atoms. The van der Waals surface area contributed by atoms with Crippen molar-refractivity contribution in [2.75, 3.05) is 11.9 Å². The number of urea groups is 1. The van der Waals surface area contributed by atoms with E-state index < -0.39 is 30.2 Å². The molecule has 122 valence electrons. The van der Waals surface area contributed by atoms with Gasteiger partial charge in [0.2, 0.25) is 5.91 Å². The van der Waals surface area contributed by atoms with Crippen molar-refractivity contribution in [3.05, 3.63) is 59.9 Å². The second-order valence-electron chi connectivity index (χ2n) is 4.95. The van der Waals surface area contributed by atoms with Gasteiger partial charge in [0.25, 0.3) is 5.91 Å². The van der Waals surface area contributed by atoms with Crippen LogP contribution in [0.2, 0.25) is 0 Å². The fourth-order valence-corrected chi connectivity index (χ4v) is 2.11. The van der Waals surface area contributed by atoms with E-state index in [4.69, 9.17) is 4.42 Å². The number of benzene rings is 1. The Morgan fingerprint density at radius 2 is 2.00 bits per heavy atom. The maximum atomic E-state index is 12.8. The molecule has 0 atom stereocenters. The molecule has 2 N–H and O–H groups in total. The van der Waals surface area contributed by atoms with Crippen LogP contribution in [0.5, 0.6) is 0 Å². The molecule has 7 nitrogen and oxygen atoms in total. The summed E-state index contributed by atoms with van der Waals surface area (Å²) in [4.78, 5) is 36.7. The van der Waals surface area contributed by atoms with Crippen LogP contribution in [0, 0.1) is 5.82 Å². The molecule has 1 aliphatic heterocycles. The summed E-state index contributed by atoms with van der Waals surface area (Å²) in [6, 6.07) is 7.69. The second-order valence-corrected chi connectivity index (χ2v) is 4.95. The van der Waals surface area contributed by atoms with Crippen molar-refractivity contribution in [1.82, 2.24) is 10.2 Å². The summed E-state index contributed by atoms with van der Waals surface area (Å²) < 4.78 is 17.9. The first-order valence-electron chi connectivity index (χ1n) is 6.96. The number of carbonyl (C=O) groups excluding carboxylic acids is 3. The quantitative estimate of drug-likeness (QED) is 0.662. The Morgan fingerprint density at radius 1 is 1.25 bits per heavy atom. The Kier molecular flexibility index (Phi) is 4.11. The molecule has 24 heavy (non-hydrogen) atoms. The molecular formula is C16H12FN3O4. The van der Waals surface area contributed by atoms with Crippen LogP contribution in [-0.2, 0) is 9.59 Å². The molecule has 4 amide bonds. The van der Waals surface area contributed by atoms with Crippen LogP contribution in [0.3, 0.4) is 0 Å². The lowest BCUT2D eigenvalue weighted by Crippen LogP contribution is -2.38. The van der Waals surface area contributed by atoms with E-state index in [1.165, 1.54) is 36.6 Å². The van der Waals surface area contributed by atoms with Gasteiger partial charge in [-0.25, -0.2) is 14.1 Å². The van der Waals surface area contributed by atoms with Crippen molar-refractivity contribution < 1.29 is 23.2 Å². The summed E-state index contributed by atoms with van der Waals surface area (Å²) in [5.74, 6) is -1.25. The lowest BCUT2D eigenvalue weighted by Gasteiger charge is -2.11. The average Bonchev–Trinajstić information content (AvgIpc) is 3.14. The van der Waals surface area contributed by atoms with Crippen LogP contribution in [0.25, 0.3) is 6.08 Å². The Morgan fingerprint density at radius 3 is 2.67 bits per heavy atom. The van der Waals surface area contributed by atoms with Gasteiger partial charge in [0.15, 0.2) is 0 Å². The maximum absolute atomic E-state index is 12.8. The van der Waals surface area contributed by atoms with Gasteiger partial charge in [0.1, 0.15) is 23.8 Å². The smallest absolute Gasteiger partial charge is 0.329 e. The number of nitrogens with zero attached hydrogens (tertiary/aromatic N) is 1. The van der Waals surface area contributed by atoms with E-state index in [2.05, 4.69) is 10.6 Å². The van der Waals surface area contributed by atoms with Crippen LogP contribution in [0.4, 0.5) is 14.9 Å². The molecule has 2 aromatic rings. The number of halogens is 1. The van der Waals surface area contributed by atoms with Gasteiger partial charge in [0, 0.05) is 11.8 Å². The van der Waals surface area contributed by atoms with Gasteiger partial charge in [0.05, 0.1) is 6.26 Å². The van der Waals surface area contributed by atoms with E-state index in [1.807, 2.05) is 0 Å². The van der Waals surface area contributed by atoms with Crippen molar-refractivity contribution in [2.45, 2.75) is 0 Å². The zero-order chi connectivity index (χ0) is 17.1. The zero-order valence-electron chi connectivity index (χ0n) is 12.3. The molecule has 0 unspecified atom stereocenters. The first-order valence-corrected chi connectivity index (χ1v) is 6.96. The fourth-order valence-electron chi connectivity index (χ4n) is 2.11. The second kappa shape index (κ2) is 6.37. The Bertz CT molecular complexity index is 812. The minimum Gasteiger partial charge on any atom is -0.465 e. The van der Waals surface area contributed by atoms with Gasteiger partial charge in [-0.3, -0.25) is 9.59 Å². The zero-order valence-corrected chi connectivity index (χ0v) is 12.3. The molecule has 1 aromatic carbocycles. The molecule has 0 radical (unpaired) electrons. The first kappa shape index (κ1) is 15.5. The fraction of sp³-hybridized carbons (Fsp3) is 0.0625. The van der Waals surface area contributed by atoms with Gasteiger partial charge in [-0.1, -0.05) is 0 Å². The van der Waals surface area contributed by atoms with Crippen LogP contribution in [0.1, 0.15) is 5.76 Å². The van der Waals surface area contributed by atoms with Crippen molar-refractivity contribution >= 4 is 29.6 Å². The number of rotatable bonds is 4. The van der Waals surface area contributed by atoms with E-state index in [-0.39, 0.29) is 5.70 Å².